The lowest BCUT2D eigenvalue weighted by Crippen LogP contribution is -2.46. The zero-order valence-corrected chi connectivity index (χ0v) is 14.0. The number of urea groups is 1. The van der Waals surface area contributed by atoms with Crippen LogP contribution in [0.15, 0.2) is 24.3 Å². The van der Waals surface area contributed by atoms with Crippen LogP contribution in [0.5, 0.6) is 0 Å². The predicted molar refractivity (Wildman–Crippen MR) is 91.0 cm³/mol. The molecular weight excluding hydrogens is 327 g/mol. The fourth-order valence-electron chi connectivity index (χ4n) is 3.09. The Morgan fingerprint density at radius 2 is 2.12 bits per heavy atom. The molecule has 0 unspecified atom stereocenters. The fourth-order valence-corrected chi connectivity index (χ4v) is 3.09. The Morgan fingerprint density at radius 1 is 1.32 bits per heavy atom. The summed E-state index contributed by atoms with van der Waals surface area (Å²) in [6.07, 6.45) is 0.216. The molecule has 1 atom stereocenters. The molecule has 0 saturated carbocycles. The summed E-state index contributed by atoms with van der Waals surface area (Å²) in [4.78, 5) is 27.8. The van der Waals surface area contributed by atoms with E-state index in [1.807, 2.05) is 0 Å². The molecule has 8 heteroatoms. The average molecular weight is 350 g/mol. The smallest absolute Gasteiger partial charge is 0.315 e. The van der Waals surface area contributed by atoms with Crippen molar-refractivity contribution in [3.8, 4) is 0 Å². The second kappa shape index (κ2) is 8.26. The van der Waals surface area contributed by atoms with Crippen molar-refractivity contribution in [2.45, 2.75) is 12.5 Å². The van der Waals surface area contributed by atoms with Gasteiger partial charge in [0.25, 0.3) is 0 Å². The molecule has 7 nitrogen and oxygen atoms in total. The number of nitrogens with zero attached hydrogens (tertiary/aromatic N) is 2. The minimum atomic E-state index is -0.387. The van der Waals surface area contributed by atoms with E-state index < -0.39 is 0 Å². The average Bonchev–Trinajstić information content (AvgIpc) is 2.96. The van der Waals surface area contributed by atoms with Crippen molar-refractivity contribution >= 4 is 17.6 Å². The highest BCUT2D eigenvalue weighted by molar-refractivity contribution is 5.96. The topological polar surface area (TPSA) is 73.9 Å². The molecule has 3 amide bonds. The maximum atomic E-state index is 13.3. The summed E-state index contributed by atoms with van der Waals surface area (Å²) in [5.74, 6) is -0.508. The van der Waals surface area contributed by atoms with E-state index >= 15 is 0 Å². The number of ether oxygens (including phenoxy) is 1. The molecule has 2 N–H and O–H groups in total. The number of amides is 3. The maximum Gasteiger partial charge on any atom is 0.315 e. The molecule has 0 aliphatic carbocycles. The first kappa shape index (κ1) is 17.6. The second-order valence-electron chi connectivity index (χ2n) is 6.24. The molecule has 1 aromatic carbocycles. The quantitative estimate of drug-likeness (QED) is 0.814. The van der Waals surface area contributed by atoms with Crippen LogP contribution >= 0.6 is 0 Å². The molecule has 0 spiro atoms. The van der Waals surface area contributed by atoms with E-state index in [1.54, 1.807) is 12.1 Å². The predicted octanol–water partition coefficient (Wildman–Crippen LogP) is 0.562. The maximum absolute atomic E-state index is 13.3. The van der Waals surface area contributed by atoms with Crippen LogP contribution in [0.25, 0.3) is 0 Å². The SMILES string of the molecule is O=C(NCCN1CCOCC1)N[C@@H]1CC(=O)N(c2cccc(F)c2)C1. The Hall–Kier alpha value is -2.19. The number of anilines is 1. The first-order valence-corrected chi connectivity index (χ1v) is 8.52. The summed E-state index contributed by atoms with van der Waals surface area (Å²) in [6.45, 7) is 4.87. The van der Waals surface area contributed by atoms with Crippen molar-refractivity contribution in [3.63, 3.8) is 0 Å². The van der Waals surface area contributed by atoms with Gasteiger partial charge in [-0.25, -0.2) is 9.18 Å². The highest BCUT2D eigenvalue weighted by atomic mass is 19.1. The minimum absolute atomic E-state index is 0.121. The Morgan fingerprint density at radius 3 is 2.88 bits per heavy atom. The van der Waals surface area contributed by atoms with Crippen molar-refractivity contribution in [3.05, 3.63) is 30.1 Å². The van der Waals surface area contributed by atoms with Crippen LogP contribution < -0.4 is 15.5 Å². The highest BCUT2D eigenvalue weighted by Crippen LogP contribution is 2.22. The van der Waals surface area contributed by atoms with Gasteiger partial charge in [-0.1, -0.05) is 6.07 Å². The van der Waals surface area contributed by atoms with Gasteiger partial charge in [0.05, 0.1) is 19.3 Å². The van der Waals surface area contributed by atoms with Gasteiger partial charge >= 0.3 is 6.03 Å². The largest absolute Gasteiger partial charge is 0.379 e. The number of hydrogen-bond donors (Lipinski definition) is 2. The number of rotatable bonds is 5. The molecule has 1 aromatic rings. The Kier molecular flexibility index (Phi) is 5.83. The molecule has 136 valence electrons. The Balaban J connectivity index is 1.42. The van der Waals surface area contributed by atoms with Gasteiger partial charge in [-0.15, -0.1) is 0 Å². The molecule has 2 aliphatic rings. The van der Waals surface area contributed by atoms with Gasteiger partial charge in [0.2, 0.25) is 5.91 Å². The zero-order chi connectivity index (χ0) is 17.6. The number of halogens is 1. The molecule has 0 aromatic heterocycles. The van der Waals surface area contributed by atoms with Crippen molar-refractivity contribution in [2.24, 2.45) is 0 Å². The van der Waals surface area contributed by atoms with Gasteiger partial charge in [-0.2, -0.15) is 0 Å². The number of carbonyl (C=O) groups is 2. The molecule has 2 fully saturated rings. The lowest BCUT2D eigenvalue weighted by atomic mass is 10.2. The summed E-state index contributed by atoms with van der Waals surface area (Å²) < 4.78 is 18.6. The molecule has 2 saturated heterocycles. The molecule has 0 radical (unpaired) electrons. The Labute approximate surface area is 146 Å². The van der Waals surface area contributed by atoms with E-state index in [0.717, 1.165) is 32.8 Å². The van der Waals surface area contributed by atoms with Crippen LogP contribution in [-0.2, 0) is 9.53 Å². The minimum Gasteiger partial charge on any atom is -0.379 e. The third kappa shape index (κ3) is 4.90. The second-order valence-corrected chi connectivity index (χ2v) is 6.24. The normalized spacial score (nSPS) is 21.4. The number of carbonyl (C=O) groups excluding carboxylic acids is 2. The number of hydrogen-bond acceptors (Lipinski definition) is 4. The number of morpholine rings is 1. The lowest BCUT2D eigenvalue weighted by Gasteiger charge is -2.26. The van der Waals surface area contributed by atoms with Crippen LogP contribution in [0.2, 0.25) is 0 Å². The van der Waals surface area contributed by atoms with Crippen LogP contribution in [0.1, 0.15) is 6.42 Å². The van der Waals surface area contributed by atoms with E-state index in [-0.39, 0.29) is 30.2 Å². The first-order chi connectivity index (χ1) is 12.1. The van der Waals surface area contributed by atoms with Crippen LogP contribution in [0, 0.1) is 5.82 Å². The molecule has 3 rings (SSSR count). The van der Waals surface area contributed by atoms with Gasteiger partial charge in [-0.05, 0) is 18.2 Å². The third-order valence-corrected chi connectivity index (χ3v) is 4.40. The van der Waals surface area contributed by atoms with E-state index in [2.05, 4.69) is 15.5 Å². The fraction of sp³-hybridized carbons (Fsp3) is 0.529. The molecule has 2 heterocycles. The van der Waals surface area contributed by atoms with E-state index in [4.69, 9.17) is 4.74 Å². The van der Waals surface area contributed by atoms with Crippen molar-refractivity contribution in [1.29, 1.82) is 0 Å². The number of nitrogens with one attached hydrogen (secondary N) is 2. The van der Waals surface area contributed by atoms with Gasteiger partial charge in [0, 0.05) is 44.8 Å². The van der Waals surface area contributed by atoms with Crippen LogP contribution in [-0.4, -0.2) is 68.8 Å². The Bertz CT molecular complexity index is 622. The summed E-state index contributed by atoms with van der Waals surface area (Å²) in [5, 5.41) is 5.62. The monoisotopic (exact) mass is 350 g/mol. The summed E-state index contributed by atoms with van der Waals surface area (Å²) in [7, 11) is 0. The summed E-state index contributed by atoms with van der Waals surface area (Å²) >= 11 is 0. The van der Waals surface area contributed by atoms with Crippen molar-refractivity contribution in [2.75, 3.05) is 50.8 Å². The van der Waals surface area contributed by atoms with Crippen LogP contribution in [0.3, 0.4) is 0 Å². The van der Waals surface area contributed by atoms with Gasteiger partial charge in [-0.3, -0.25) is 9.69 Å². The van der Waals surface area contributed by atoms with E-state index in [9.17, 15) is 14.0 Å². The first-order valence-electron chi connectivity index (χ1n) is 8.52. The van der Waals surface area contributed by atoms with E-state index in [1.165, 1.54) is 17.0 Å². The molecule has 0 bridgehead atoms. The highest BCUT2D eigenvalue weighted by Gasteiger charge is 2.31. The molecule has 2 aliphatic heterocycles. The summed E-state index contributed by atoms with van der Waals surface area (Å²) in [6, 6.07) is 5.35. The summed E-state index contributed by atoms with van der Waals surface area (Å²) in [5.41, 5.74) is 0.516. The van der Waals surface area contributed by atoms with Crippen molar-refractivity contribution in [1.82, 2.24) is 15.5 Å². The van der Waals surface area contributed by atoms with Gasteiger partial charge in [0.15, 0.2) is 0 Å². The zero-order valence-electron chi connectivity index (χ0n) is 14.0. The molecular formula is C17H23FN4O3. The van der Waals surface area contributed by atoms with Gasteiger partial charge < -0.3 is 20.3 Å². The van der Waals surface area contributed by atoms with Crippen molar-refractivity contribution < 1.29 is 18.7 Å². The third-order valence-electron chi connectivity index (χ3n) is 4.40. The molecule has 25 heavy (non-hydrogen) atoms. The standard InChI is InChI=1S/C17H23FN4O3/c18-13-2-1-3-15(10-13)22-12-14(11-16(22)23)20-17(24)19-4-5-21-6-8-25-9-7-21/h1-3,10,14H,4-9,11-12H2,(H2,19,20,24)/t14-/m1/s1. The lowest BCUT2D eigenvalue weighted by molar-refractivity contribution is -0.117. The van der Waals surface area contributed by atoms with E-state index in [0.29, 0.717) is 18.8 Å². The van der Waals surface area contributed by atoms with Crippen LogP contribution in [0.4, 0.5) is 14.9 Å². The number of benzene rings is 1. The van der Waals surface area contributed by atoms with Gasteiger partial charge in [0.1, 0.15) is 5.82 Å².